The van der Waals surface area contributed by atoms with Crippen molar-refractivity contribution in [2.75, 3.05) is 7.04 Å². The van der Waals surface area contributed by atoms with E-state index in [0.717, 1.165) is 0 Å². The summed E-state index contributed by atoms with van der Waals surface area (Å²) in [7, 11) is -2.52. The number of hydrogen-bond acceptors (Lipinski definition) is 4. The van der Waals surface area contributed by atoms with E-state index >= 15 is 0 Å². The first kappa shape index (κ1) is 10.6. The second kappa shape index (κ2) is 5.73. The van der Waals surface area contributed by atoms with Gasteiger partial charge in [-0.3, -0.25) is 9.78 Å². The number of fused-ring (bicyclic) bond motifs is 1. The number of primary amides is 1. The molecular weight excluding hydrogens is 280 g/mol. The summed E-state index contributed by atoms with van der Waals surface area (Å²) in [5, 5.41) is 0.694. The molecule has 3 rings (SSSR count). The molecule has 3 aromatic rings. The molecular formula is C17H14N2O3. The molecule has 0 bridgehead atoms. The number of carbonyl (C=O) groups excluding carboxylic acids is 1. The van der Waals surface area contributed by atoms with E-state index in [1.807, 2.05) is 0 Å². The van der Waals surface area contributed by atoms with Crippen LogP contribution in [0.3, 0.4) is 0 Å². The summed E-state index contributed by atoms with van der Waals surface area (Å²) in [5.41, 5.74) is 6.13. The number of amides is 1. The molecule has 0 aliphatic rings. The van der Waals surface area contributed by atoms with Crippen molar-refractivity contribution in [2.24, 2.45) is 5.73 Å². The first-order valence-corrected chi connectivity index (χ1v) is 6.47. The summed E-state index contributed by atoms with van der Waals surface area (Å²) in [5.74, 6) is 0.753. The van der Waals surface area contributed by atoms with Crippen molar-refractivity contribution in [1.29, 1.82) is 0 Å². The van der Waals surface area contributed by atoms with Crippen molar-refractivity contribution in [3.05, 3.63) is 60.3 Å². The van der Waals surface area contributed by atoms with Crippen LogP contribution in [0.15, 0.2) is 54.7 Å². The van der Waals surface area contributed by atoms with Gasteiger partial charge in [0.2, 0.25) is 5.91 Å². The van der Waals surface area contributed by atoms with Crippen molar-refractivity contribution >= 4 is 16.8 Å². The molecule has 110 valence electrons. The molecule has 2 N–H and O–H groups in total. The van der Waals surface area contributed by atoms with Gasteiger partial charge in [-0.05, 0) is 42.5 Å². The summed E-state index contributed by atoms with van der Waals surface area (Å²) in [6.07, 6.45) is 1.55. The van der Waals surface area contributed by atoms with E-state index in [0.29, 0.717) is 28.0 Å². The lowest BCUT2D eigenvalue weighted by Gasteiger charge is -2.09. The Morgan fingerprint density at radius 2 is 1.91 bits per heavy atom. The highest BCUT2D eigenvalue weighted by molar-refractivity contribution is 5.92. The topological polar surface area (TPSA) is 74.4 Å². The predicted molar refractivity (Wildman–Crippen MR) is 83.3 cm³/mol. The van der Waals surface area contributed by atoms with Gasteiger partial charge < -0.3 is 15.2 Å². The van der Waals surface area contributed by atoms with Crippen LogP contribution in [0, 0.1) is 0 Å². The Labute approximate surface area is 131 Å². The minimum atomic E-state index is -2.52. The lowest BCUT2D eigenvalue weighted by atomic mass is 10.2. The van der Waals surface area contributed by atoms with E-state index in [2.05, 4.69) is 4.98 Å². The highest BCUT2D eigenvalue weighted by Gasteiger charge is 2.06. The van der Waals surface area contributed by atoms with Gasteiger partial charge in [0.25, 0.3) is 0 Å². The summed E-state index contributed by atoms with van der Waals surface area (Å²) in [6, 6.07) is 12.9. The third-order valence-corrected chi connectivity index (χ3v) is 3.16. The van der Waals surface area contributed by atoms with Gasteiger partial charge in [0.1, 0.15) is 17.2 Å². The number of nitrogens with two attached hydrogens (primary N) is 1. The second-order valence-corrected chi connectivity index (χ2v) is 4.58. The average Bonchev–Trinajstić information content (AvgIpc) is 2.54. The molecule has 0 atom stereocenters. The largest absolute Gasteiger partial charge is 0.497 e. The Bertz CT molecular complexity index is 925. The van der Waals surface area contributed by atoms with Crippen LogP contribution < -0.4 is 15.2 Å². The van der Waals surface area contributed by atoms with Crippen LogP contribution in [-0.2, 0) is 0 Å². The molecule has 0 unspecified atom stereocenters. The first-order valence-electron chi connectivity index (χ1n) is 7.97. The summed E-state index contributed by atoms with van der Waals surface area (Å²) >= 11 is 0. The van der Waals surface area contributed by atoms with Gasteiger partial charge in [0.05, 0.1) is 16.7 Å². The molecule has 1 aromatic heterocycles. The third kappa shape index (κ3) is 2.69. The third-order valence-electron chi connectivity index (χ3n) is 3.16. The van der Waals surface area contributed by atoms with Gasteiger partial charge in [0, 0.05) is 23.2 Å². The van der Waals surface area contributed by atoms with Crippen LogP contribution in [0.2, 0.25) is 0 Å². The van der Waals surface area contributed by atoms with E-state index in [1.165, 1.54) is 6.07 Å². The van der Waals surface area contributed by atoms with Crippen molar-refractivity contribution < 1.29 is 18.4 Å². The minimum absolute atomic E-state index is 0.197. The van der Waals surface area contributed by atoms with Gasteiger partial charge >= 0.3 is 0 Å². The van der Waals surface area contributed by atoms with E-state index in [-0.39, 0.29) is 5.75 Å². The van der Waals surface area contributed by atoms with Crippen LogP contribution in [-0.4, -0.2) is 17.9 Å². The molecule has 1 heterocycles. The molecule has 0 aliphatic heterocycles. The van der Waals surface area contributed by atoms with Crippen molar-refractivity contribution in [3.8, 4) is 17.2 Å². The SMILES string of the molecule is [2H]C([2H])([2H])Oc1ccc2c(Oc3ccc(C(N)=O)cc3)ccnc2c1. The predicted octanol–water partition coefficient (Wildman–Crippen LogP) is 3.13. The quantitative estimate of drug-likeness (QED) is 0.802. The maximum atomic E-state index is 11.1. The first-order chi connectivity index (χ1) is 11.8. The Morgan fingerprint density at radius 1 is 1.14 bits per heavy atom. The minimum Gasteiger partial charge on any atom is -0.497 e. The summed E-state index contributed by atoms with van der Waals surface area (Å²) < 4.78 is 32.1. The fourth-order valence-corrected chi connectivity index (χ4v) is 2.07. The lowest BCUT2D eigenvalue weighted by molar-refractivity contribution is 0.100. The monoisotopic (exact) mass is 297 g/mol. The van der Waals surface area contributed by atoms with Gasteiger partial charge in [-0.1, -0.05) is 0 Å². The standard InChI is InChI=1S/C17H14N2O3/c1-21-13-6-7-14-15(10-13)19-9-8-16(14)22-12-4-2-11(3-5-12)17(18)20/h2-10H,1H3,(H2,18,20)/i1D3. The highest BCUT2D eigenvalue weighted by atomic mass is 16.5. The smallest absolute Gasteiger partial charge is 0.248 e. The molecule has 1 amide bonds. The average molecular weight is 297 g/mol. The maximum absolute atomic E-state index is 11.1. The number of pyridine rings is 1. The van der Waals surface area contributed by atoms with Crippen LogP contribution >= 0.6 is 0 Å². The van der Waals surface area contributed by atoms with Gasteiger partial charge in [-0.2, -0.15) is 0 Å². The molecule has 0 radical (unpaired) electrons. The highest BCUT2D eigenvalue weighted by Crippen LogP contribution is 2.30. The van der Waals surface area contributed by atoms with Crippen molar-refractivity contribution in [2.45, 2.75) is 0 Å². The summed E-state index contributed by atoms with van der Waals surface area (Å²) in [4.78, 5) is 15.3. The molecule has 0 saturated heterocycles. The van der Waals surface area contributed by atoms with Gasteiger partial charge in [-0.25, -0.2) is 0 Å². The Balaban J connectivity index is 1.90. The maximum Gasteiger partial charge on any atom is 0.248 e. The number of nitrogens with zero attached hydrogens (tertiary/aromatic N) is 1. The molecule has 0 spiro atoms. The molecule has 5 heteroatoms. The van der Waals surface area contributed by atoms with Gasteiger partial charge in [-0.15, -0.1) is 0 Å². The van der Waals surface area contributed by atoms with Crippen molar-refractivity contribution in [3.63, 3.8) is 0 Å². The number of rotatable bonds is 4. The fraction of sp³-hybridized carbons (Fsp3) is 0.0588. The van der Waals surface area contributed by atoms with E-state index < -0.39 is 12.9 Å². The second-order valence-electron chi connectivity index (χ2n) is 4.58. The Morgan fingerprint density at radius 3 is 2.64 bits per heavy atom. The summed E-state index contributed by atoms with van der Waals surface area (Å²) in [6.45, 7) is 0. The zero-order chi connectivity index (χ0) is 18.0. The number of ether oxygens (including phenoxy) is 2. The van der Waals surface area contributed by atoms with Crippen LogP contribution in [0.4, 0.5) is 0 Å². The molecule has 5 nitrogen and oxygen atoms in total. The number of hydrogen-bond donors (Lipinski definition) is 1. The van der Waals surface area contributed by atoms with Crippen LogP contribution in [0.1, 0.15) is 14.5 Å². The Hall–Kier alpha value is -3.08. The molecule has 0 saturated carbocycles. The molecule has 22 heavy (non-hydrogen) atoms. The fourth-order valence-electron chi connectivity index (χ4n) is 2.07. The van der Waals surface area contributed by atoms with E-state index in [9.17, 15) is 4.79 Å². The van der Waals surface area contributed by atoms with E-state index in [4.69, 9.17) is 19.3 Å². The van der Waals surface area contributed by atoms with Crippen LogP contribution in [0.25, 0.3) is 10.9 Å². The van der Waals surface area contributed by atoms with Crippen LogP contribution in [0.5, 0.6) is 17.2 Å². The Kier molecular flexibility index (Phi) is 2.77. The lowest BCUT2D eigenvalue weighted by Crippen LogP contribution is -2.10. The number of benzene rings is 2. The zero-order valence-electron chi connectivity index (χ0n) is 14.4. The molecule has 2 aromatic carbocycles. The zero-order valence-corrected chi connectivity index (χ0v) is 11.4. The number of carbonyl (C=O) groups is 1. The molecule has 0 aliphatic carbocycles. The number of aromatic nitrogens is 1. The normalized spacial score (nSPS) is 13.0. The molecule has 0 fully saturated rings. The van der Waals surface area contributed by atoms with Gasteiger partial charge in [0.15, 0.2) is 0 Å². The number of methoxy groups -OCH3 is 1. The van der Waals surface area contributed by atoms with Crippen molar-refractivity contribution in [1.82, 2.24) is 4.98 Å². The van der Waals surface area contributed by atoms with E-state index in [1.54, 1.807) is 48.7 Å².